The Labute approximate surface area is 193 Å². The van der Waals surface area contributed by atoms with Gasteiger partial charge in [0, 0.05) is 51.2 Å². The molecule has 3 aromatic rings. The Morgan fingerprint density at radius 3 is 2.73 bits per heavy atom. The summed E-state index contributed by atoms with van der Waals surface area (Å²) in [5.74, 6) is 1.65. The number of hydrogen-bond acceptors (Lipinski definition) is 7. The normalized spacial score (nSPS) is 21.4. The molecule has 0 amide bonds. The van der Waals surface area contributed by atoms with Gasteiger partial charge in [-0.15, -0.1) is 0 Å². The van der Waals surface area contributed by atoms with Crippen molar-refractivity contribution in [2.24, 2.45) is 0 Å². The van der Waals surface area contributed by atoms with Gasteiger partial charge in [0.15, 0.2) is 11.6 Å². The number of rotatable bonds is 6. The predicted octanol–water partition coefficient (Wildman–Crippen LogP) is 3.68. The lowest BCUT2D eigenvalue weighted by Crippen LogP contribution is -2.43. The van der Waals surface area contributed by atoms with Gasteiger partial charge in [-0.05, 0) is 51.2 Å². The Kier molecular flexibility index (Phi) is 6.30. The van der Waals surface area contributed by atoms with Crippen LogP contribution in [0.3, 0.4) is 0 Å². The van der Waals surface area contributed by atoms with Gasteiger partial charge in [0.2, 0.25) is 0 Å². The fraction of sp³-hybridized carbons (Fsp3) is 0.542. The van der Waals surface area contributed by atoms with Gasteiger partial charge in [0.05, 0.1) is 16.9 Å². The number of ether oxygens (including phenoxy) is 1. The molecule has 33 heavy (non-hydrogen) atoms. The van der Waals surface area contributed by atoms with Crippen LogP contribution in [0.25, 0.3) is 10.9 Å². The van der Waals surface area contributed by atoms with Crippen LogP contribution in [0.5, 0.6) is 5.88 Å². The van der Waals surface area contributed by atoms with Crippen molar-refractivity contribution in [1.82, 2.24) is 25.1 Å². The number of nitrogens with zero attached hydrogens (tertiary/aromatic N) is 5. The van der Waals surface area contributed by atoms with Crippen LogP contribution in [0.2, 0.25) is 0 Å². The van der Waals surface area contributed by atoms with Gasteiger partial charge in [-0.3, -0.25) is 4.68 Å². The highest BCUT2D eigenvalue weighted by Gasteiger charge is 2.28. The second-order valence-electron chi connectivity index (χ2n) is 8.92. The summed E-state index contributed by atoms with van der Waals surface area (Å²) in [6, 6.07) is 4.05. The van der Waals surface area contributed by atoms with E-state index in [1.165, 1.54) is 0 Å². The van der Waals surface area contributed by atoms with Crippen LogP contribution in [0.15, 0.2) is 24.5 Å². The summed E-state index contributed by atoms with van der Waals surface area (Å²) in [6.07, 6.45) is 7.06. The molecule has 0 atom stereocenters. The first-order chi connectivity index (χ1) is 16.1. The van der Waals surface area contributed by atoms with Gasteiger partial charge in [0.25, 0.3) is 5.88 Å². The molecule has 2 aliphatic rings. The average Bonchev–Trinajstić information content (AvgIpc) is 3.22. The van der Waals surface area contributed by atoms with E-state index in [4.69, 9.17) is 9.84 Å². The van der Waals surface area contributed by atoms with Crippen molar-refractivity contribution in [3.8, 4) is 5.88 Å². The average molecular weight is 454 g/mol. The number of pyridine rings is 2. The Morgan fingerprint density at radius 1 is 1.18 bits per heavy atom. The van der Waals surface area contributed by atoms with E-state index in [0.29, 0.717) is 5.56 Å². The van der Waals surface area contributed by atoms with Crippen molar-refractivity contribution in [2.75, 3.05) is 42.9 Å². The standard InChI is InChI=1S/C24H32FN7O/c1-3-27-21-14-20-19(15-29-21)23(31-12-10-26-11-13-31)30-32(20)17-4-6-18(7-5-17)33-24-22(25)16(2)8-9-28-24/h8-9,14-15,17-18,26H,3-7,10-13H2,1-2H3,(H,27,29). The van der Waals surface area contributed by atoms with E-state index in [9.17, 15) is 4.39 Å². The first-order valence-electron chi connectivity index (χ1n) is 12.0. The summed E-state index contributed by atoms with van der Waals surface area (Å²) in [5.41, 5.74) is 1.67. The van der Waals surface area contributed by atoms with Crippen LogP contribution >= 0.6 is 0 Å². The topological polar surface area (TPSA) is 80.1 Å². The molecule has 0 spiro atoms. The number of nitrogens with one attached hydrogen (secondary N) is 2. The predicted molar refractivity (Wildman–Crippen MR) is 128 cm³/mol. The summed E-state index contributed by atoms with van der Waals surface area (Å²) < 4.78 is 22.5. The summed E-state index contributed by atoms with van der Waals surface area (Å²) in [6.45, 7) is 8.43. The molecule has 8 nitrogen and oxygen atoms in total. The largest absolute Gasteiger partial charge is 0.472 e. The number of piperazine rings is 1. The van der Waals surface area contributed by atoms with Gasteiger partial charge < -0.3 is 20.3 Å². The third-order valence-corrected chi connectivity index (χ3v) is 6.66. The third-order valence-electron chi connectivity index (χ3n) is 6.66. The van der Waals surface area contributed by atoms with Crippen molar-refractivity contribution in [3.05, 3.63) is 35.9 Å². The number of fused-ring (bicyclic) bond motifs is 1. The summed E-state index contributed by atoms with van der Waals surface area (Å²) in [5, 5.41) is 12.9. The van der Waals surface area contributed by atoms with Crippen molar-refractivity contribution >= 4 is 22.5 Å². The molecular formula is C24H32FN7O. The number of aromatic nitrogens is 4. The van der Waals surface area contributed by atoms with Crippen LogP contribution in [-0.4, -0.2) is 58.6 Å². The van der Waals surface area contributed by atoms with Crippen LogP contribution in [0.4, 0.5) is 16.0 Å². The third kappa shape index (κ3) is 4.46. The Morgan fingerprint density at radius 2 is 1.97 bits per heavy atom. The van der Waals surface area contributed by atoms with E-state index in [-0.39, 0.29) is 23.8 Å². The van der Waals surface area contributed by atoms with Gasteiger partial charge in [-0.25, -0.2) is 14.4 Å². The quantitative estimate of drug-likeness (QED) is 0.589. The SMILES string of the molecule is CCNc1cc2c(cn1)c(N1CCNCC1)nn2C1CCC(Oc2nccc(C)c2F)CC1. The maximum absolute atomic E-state index is 14.3. The van der Waals surface area contributed by atoms with Crippen molar-refractivity contribution < 1.29 is 9.13 Å². The molecule has 1 aliphatic carbocycles. The zero-order chi connectivity index (χ0) is 22.8. The molecule has 2 N–H and O–H groups in total. The highest BCUT2D eigenvalue weighted by atomic mass is 19.1. The number of hydrogen-bond donors (Lipinski definition) is 2. The van der Waals surface area contributed by atoms with E-state index in [1.807, 2.05) is 6.20 Å². The van der Waals surface area contributed by atoms with E-state index in [1.54, 1.807) is 19.2 Å². The lowest BCUT2D eigenvalue weighted by Gasteiger charge is -2.30. The molecule has 0 unspecified atom stereocenters. The maximum atomic E-state index is 14.3. The Bertz CT molecular complexity index is 1100. The molecule has 0 radical (unpaired) electrons. The molecule has 1 saturated heterocycles. The van der Waals surface area contributed by atoms with Crippen LogP contribution in [-0.2, 0) is 0 Å². The molecule has 2 fully saturated rings. The van der Waals surface area contributed by atoms with E-state index >= 15 is 0 Å². The Hall–Kier alpha value is -2.94. The molecule has 0 aromatic carbocycles. The van der Waals surface area contributed by atoms with Crippen molar-refractivity contribution in [1.29, 1.82) is 0 Å². The van der Waals surface area contributed by atoms with E-state index < -0.39 is 0 Å². The number of anilines is 2. The minimum Gasteiger partial charge on any atom is -0.472 e. The van der Waals surface area contributed by atoms with Gasteiger partial charge >= 0.3 is 0 Å². The van der Waals surface area contributed by atoms with Crippen LogP contribution in [0.1, 0.15) is 44.2 Å². The minimum absolute atomic E-state index is 0.0292. The lowest BCUT2D eigenvalue weighted by atomic mass is 9.93. The smallest absolute Gasteiger partial charge is 0.250 e. The molecule has 9 heteroatoms. The number of halogens is 1. The highest BCUT2D eigenvalue weighted by Crippen LogP contribution is 2.36. The van der Waals surface area contributed by atoms with E-state index in [0.717, 1.165) is 80.9 Å². The van der Waals surface area contributed by atoms with Gasteiger partial charge in [-0.1, -0.05) is 0 Å². The Balaban J connectivity index is 1.37. The molecular weight excluding hydrogens is 421 g/mol. The molecule has 4 heterocycles. The molecule has 1 saturated carbocycles. The van der Waals surface area contributed by atoms with Crippen molar-refractivity contribution in [2.45, 2.75) is 51.7 Å². The summed E-state index contributed by atoms with van der Waals surface area (Å²) in [7, 11) is 0. The first-order valence-corrected chi connectivity index (χ1v) is 12.0. The van der Waals surface area contributed by atoms with Gasteiger partial charge in [0.1, 0.15) is 11.9 Å². The highest BCUT2D eigenvalue weighted by molar-refractivity contribution is 5.91. The summed E-state index contributed by atoms with van der Waals surface area (Å²) >= 11 is 0. The second-order valence-corrected chi connectivity index (χ2v) is 8.92. The summed E-state index contributed by atoms with van der Waals surface area (Å²) in [4.78, 5) is 11.1. The zero-order valence-electron chi connectivity index (χ0n) is 19.4. The fourth-order valence-corrected chi connectivity index (χ4v) is 4.85. The zero-order valence-corrected chi connectivity index (χ0v) is 19.4. The molecule has 176 valence electrons. The fourth-order valence-electron chi connectivity index (χ4n) is 4.85. The monoisotopic (exact) mass is 453 g/mol. The molecule has 5 rings (SSSR count). The lowest BCUT2D eigenvalue weighted by molar-refractivity contribution is 0.120. The second kappa shape index (κ2) is 9.51. The number of aryl methyl sites for hydroxylation is 1. The van der Waals surface area contributed by atoms with Crippen molar-refractivity contribution in [3.63, 3.8) is 0 Å². The van der Waals surface area contributed by atoms with Gasteiger partial charge in [-0.2, -0.15) is 5.10 Å². The first kappa shape index (κ1) is 21.9. The maximum Gasteiger partial charge on any atom is 0.250 e. The van der Waals surface area contributed by atoms with Crippen LogP contribution < -0.4 is 20.3 Å². The van der Waals surface area contributed by atoms with Crippen LogP contribution in [0, 0.1) is 12.7 Å². The molecule has 1 aliphatic heterocycles. The molecule has 3 aromatic heterocycles. The molecule has 0 bridgehead atoms. The van der Waals surface area contributed by atoms with E-state index in [2.05, 4.69) is 43.2 Å². The minimum atomic E-state index is -0.359.